The Morgan fingerprint density at radius 2 is 0.765 bits per heavy atom. The van der Waals surface area contributed by atoms with Crippen molar-refractivity contribution in [3.05, 3.63) is 0 Å². The largest absolute Gasteiger partial charge is 0.379 e. The molecule has 0 heterocycles. The zero-order valence-corrected chi connectivity index (χ0v) is 22.8. The van der Waals surface area contributed by atoms with Crippen LogP contribution >= 0.6 is 0 Å². The van der Waals surface area contributed by atoms with Gasteiger partial charge in [0.15, 0.2) is 22.2 Å². The van der Waals surface area contributed by atoms with Crippen LogP contribution < -0.4 is 0 Å². The number of methoxy groups -OCH3 is 2. The molecule has 0 fully saturated rings. The van der Waals surface area contributed by atoms with Crippen LogP contribution in [-0.2, 0) is 9.47 Å². The second-order valence-electron chi connectivity index (χ2n) is 10.8. The van der Waals surface area contributed by atoms with Gasteiger partial charge >= 0.3 is 0 Å². The Hall–Kier alpha value is -2.92. The highest BCUT2D eigenvalue weighted by Crippen LogP contribution is 2.30. The smallest absolute Gasteiger partial charge is 0.167 e. The Bertz CT molecular complexity index is 822. The summed E-state index contributed by atoms with van der Waals surface area (Å²) in [6.45, 7) is 17.5. The number of azo groups is 2. The summed E-state index contributed by atoms with van der Waals surface area (Å²) >= 11 is 0. The van der Waals surface area contributed by atoms with Crippen LogP contribution in [0.1, 0.15) is 82.1 Å². The fourth-order valence-electron chi connectivity index (χ4n) is 2.51. The van der Waals surface area contributed by atoms with E-state index in [-0.39, 0.29) is 0 Å². The van der Waals surface area contributed by atoms with Crippen molar-refractivity contribution in [3.63, 3.8) is 0 Å². The quantitative estimate of drug-likeness (QED) is 0.371. The number of hydrogen-bond acceptors (Lipinski definition) is 10. The molecule has 0 saturated carbocycles. The number of nitriles is 4. The average Bonchev–Trinajstić information content (AvgIpc) is 2.76. The molecule has 0 N–H and O–H groups in total. The van der Waals surface area contributed by atoms with Crippen LogP contribution in [0.25, 0.3) is 0 Å². The van der Waals surface area contributed by atoms with E-state index >= 15 is 0 Å². The van der Waals surface area contributed by atoms with Gasteiger partial charge in [0.1, 0.15) is 0 Å². The zero-order chi connectivity index (χ0) is 27.5. The maximum atomic E-state index is 9.43. The molecule has 0 saturated heterocycles. The molecular weight excluding hydrogens is 432 g/mol. The number of rotatable bonds is 10. The van der Waals surface area contributed by atoms with Crippen LogP contribution in [0, 0.1) is 45.3 Å². The molecule has 0 spiro atoms. The maximum absolute atomic E-state index is 9.43. The van der Waals surface area contributed by atoms with Crippen LogP contribution in [0.5, 0.6) is 0 Å². The van der Waals surface area contributed by atoms with Crippen LogP contribution in [0.15, 0.2) is 20.5 Å². The third-order valence-corrected chi connectivity index (χ3v) is 4.72. The minimum atomic E-state index is -1.05. The Labute approximate surface area is 205 Å². The lowest BCUT2D eigenvalue weighted by Crippen LogP contribution is -2.37. The second kappa shape index (κ2) is 12.5. The van der Waals surface area contributed by atoms with E-state index in [0.717, 1.165) is 0 Å². The summed E-state index contributed by atoms with van der Waals surface area (Å²) in [6, 6.07) is 8.26. The highest BCUT2D eigenvalue weighted by atomic mass is 16.5. The van der Waals surface area contributed by atoms with Crippen molar-refractivity contribution < 1.29 is 9.47 Å². The Balaban J connectivity index is 0. The van der Waals surface area contributed by atoms with E-state index in [2.05, 4.69) is 32.6 Å². The van der Waals surface area contributed by atoms with Gasteiger partial charge in [-0.25, -0.2) is 0 Å². The summed E-state index contributed by atoms with van der Waals surface area (Å²) in [5, 5.41) is 51.9. The predicted octanol–water partition coefficient (Wildman–Crippen LogP) is 5.68. The van der Waals surface area contributed by atoms with Gasteiger partial charge in [0.2, 0.25) is 0 Å². The summed E-state index contributed by atoms with van der Waals surface area (Å²) in [5.41, 5.74) is -4.78. The van der Waals surface area contributed by atoms with Crippen LogP contribution in [0.3, 0.4) is 0 Å². The highest BCUT2D eigenvalue weighted by Gasteiger charge is 2.37. The Kier molecular flexibility index (Phi) is 12.2. The molecular formula is C24H40N8O2. The van der Waals surface area contributed by atoms with Crippen molar-refractivity contribution in [2.45, 2.75) is 115 Å². The minimum Gasteiger partial charge on any atom is -0.379 e. The van der Waals surface area contributed by atoms with Gasteiger partial charge in [-0.3, -0.25) is 0 Å². The van der Waals surface area contributed by atoms with Crippen LogP contribution in [-0.4, -0.2) is 47.6 Å². The second-order valence-corrected chi connectivity index (χ2v) is 10.8. The van der Waals surface area contributed by atoms with Crippen molar-refractivity contribution in [2.75, 3.05) is 14.2 Å². The molecule has 0 bridgehead atoms. The third-order valence-electron chi connectivity index (χ3n) is 4.72. The van der Waals surface area contributed by atoms with Crippen LogP contribution in [0.2, 0.25) is 0 Å². The first-order chi connectivity index (χ1) is 15.2. The van der Waals surface area contributed by atoms with Crippen molar-refractivity contribution in [1.82, 2.24) is 0 Å². The molecule has 2 atom stereocenters. The maximum Gasteiger partial charge on any atom is 0.167 e. The van der Waals surface area contributed by atoms with E-state index in [0.29, 0.717) is 12.8 Å². The normalized spacial score (nSPS) is 16.2. The monoisotopic (exact) mass is 472 g/mol. The molecule has 2 unspecified atom stereocenters. The topological polar surface area (TPSA) is 163 Å². The first-order valence-electron chi connectivity index (χ1n) is 10.8. The van der Waals surface area contributed by atoms with E-state index in [1.54, 1.807) is 55.8 Å². The first-order valence-corrected chi connectivity index (χ1v) is 10.8. The van der Waals surface area contributed by atoms with Gasteiger partial charge in [-0.05, 0) is 69.2 Å². The van der Waals surface area contributed by atoms with Crippen molar-refractivity contribution in [3.8, 4) is 24.3 Å². The highest BCUT2D eigenvalue weighted by molar-refractivity contribution is 5.10. The van der Waals surface area contributed by atoms with E-state index in [1.165, 1.54) is 0 Å². The van der Waals surface area contributed by atoms with Gasteiger partial charge in [0.25, 0.3) is 0 Å². The molecule has 0 amide bonds. The molecule has 0 aliphatic rings. The molecule has 10 heteroatoms. The fraction of sp³-hybridized carbons (Fsp3) is 0.833. The summed E-state index contributed by atoms with van der Waals surface area (Å²) in [7, 11) is 3.19. The Morgan fingerprint density at radius 1 is 0.500 bits per heavy atom. The first kappa shape index (κ1) is 33.3. The molecule has 0 aliphatic heterocycles. The van der Waals surface area contributed by atoms with Gasteiger partial charge in [0.05, 0.1) is 35.5 Å². The fourth-order valence-corrected chi connectivity index (χ4v) is 2.51. The van der Waals surface area contributed by atoms with Gasteiger partial charge in [-0.15, -0.1) is 0 Å². The lowest BCUT2D eigenvalue weighted by atomic mass is 9.88. The molecule has 0 aromatic rings. The third kappa shape index (κ3) is 13.6. The number of ether oxygens (including phenoxy) is 2. The van der Waals surface area contributed by atoms with Crippen molar-refractivity contribution in [1.29, 1.82) is 21.0 Å². The van der Waals surface area contributed by atoms with Gasteiger partial charge in [0, 0.05) is 27.1 Å². The molecule has 0 aromatic heterocycles. The van der Waals surface area contributed by atoms with Gasteiger partial charge < -0.3 is 9.47 Å². The molecule has 0 radical (unpaired) electrons. The predicted molar refractivity (Wildman–Crippen MR) is 129 cm³/mol. The summed E-state index contributed by atoms with van der Waals surface area (Å²) in [6.07, 6.45) is 0.761. The van der Waals surface area contributed by atoms with E-state index in [9.17, 15) is 10.5 Å². The van der Waals surface area contributed by atoms with Gasteiger partial charge in [-0.2, -0.15) is 41.5 Å². The Morgan fingerprint density at radius 3 is 0.941 bits per heavy atom. The SMILES string of the molecule is CC(C)(C#N)N=NC(C)(C)C#N.COC(C)(C)CC(C)(C#N)N=NC(C)(C#N)CC(C)(C)OC. The van der Waals surface area contributed by atoms with Crippen molar-refractivity contribution >= 4 is 0 Å². The molecule has 0 aliphatic carbocycles. The van der Waals surface area contributed by atoms with E-state index < -0.39 is 33.4 Å². The summed E-state index contributed by atoms with van der Waals surface area (Å²) in [5.74, 6) is 0. The van der Waals surface area contributed by atoms with Gasteiger partial charge in [-0.1, -0.05) is 0 Å². The van der Waals surface area contributed by atoms with Crippen LogP contribution in [0.4, 0.5) is 0 Å². The molecule has 34 heavy (non-hydrogen) atoms. The van der Waals surface area contributed by atoms with E-state index in [1.807, 2.05) is 39.8 Å². The standard InChI is InChI=1S/C16H28N4O2.C8H12N4/c1-13(2,21-7)9-15(5,11-17)19-20-16(6,12-18)10-14(3,4)22-8;1-7(2,5-9)11-12-8(3,4)6-10/h9-10H2,1-8H3;1-4H3. The average molecular weight is 473 g/mol. The number of hydrogen-bond donors (Lipinski definition) is 0. The lowest BCUT2D eigenvalue weighted by molar-refractivity contribution is 0.000704. The molecule has 10 nitrogen and oxygen atoms in total. The molecule has 0 rings (SSSR count). The van der Waals surface area contributed by atoms with E-state index in [4.69, 9.17) is 20.0 Å². The summed E-state index contributed by atoms with van der Waals surface area (Å²) < 4.78 is 10.7. The molecule has 188 valence electrons. The zero-order valence-electron chi connectivity index (χ0n) is 22.8. The number of nitrogens with zero attached hydrogens (tertiary/aromatic N) is 8. The molecule has 0 aromatic carbocycles. The minimum absolute atomic E-state index is 0.381. The summed E-state index contributed by atoms with van der Waals surface area (Å²) in [4.78, 5) is 0. The lowest BCUT2D eigenvalue weighted by Gasteiger charge is -2.31. The van der Waals surface area contributed by atoms with Crippen molar-refractivity contribution in [2.24, 2.45) is 20.5 Å².